The van der Waals surface area contributed by atoms with Crippen LogP contribution in [-0.4, -0.2) is 12.9 Å². The van der Waals surface area contributed by atoms with Crippen molar-refractivity contribution in [3.63, 3.8) is 0 Å². The van der Waals surface area contributed by atoms with Crippen molar-refractivity contribution in [3.05, 3.63) is 35.6 Å². The number of benzene rings is 1. The molecule has 1 aromatic rings. The summed E-state index contributed by atoms with van der Waals surface area (Å²) >= 11 is 0. The SMILES string of the molecule is Fc1cccc(COC2CCCCO2)c1. The van der Waals surface area contributed by atoms with Crippen LogP contribution in [0.2, 0.25) is 0 Å². The molecule has 0 amide bonds. The molecule has 0 saturated carbocycles. The van der Waals surface area contributed by atoms with E-state index < -0.39 is 0 Å². The van der Waals surface area contributed by atoms with E-state index in [1.165, 1.54) is 12.1 Å². The molecule has 1 aliphatic rings. The number of hydrogen-bond donors (Lipinski definition) is 0. The third-order valence-electron chi connectivity index (χ3n) is 2.46. The number of ether oxygens (including phenoxy) is 2. The summed E-state index contributed by atoms with van der Waals surface area (Å²) in [5.41, 5.74) is 0.851. The molecule has 0 spiro atoms. The Morgan fingerprint density at radius 2 is 2.33 bits per heavy atom. The normalized spacial score (nSPS) is 21.5. The van der Waals surface area contributed by atoms with Crippen LogP contribution in [-0.2, 0) is 16.1 Å². The molecule has 0 bridgehead atoms. The molecule has 1 unspecified atom stereocenters. The Balaban J connectivity index is 1.81. The number of hydrogen-bond acceptors (Lipinski definition) is 2. The Hall–Kier alpha value is -0.930. The van der Waals surface area contributed by atoms with E-state index in [9.17, 15) is 4.39 Å². The lowest BCUT2D eigenvalue weighted by atomic mass is 10.2. The Morgan fingerprint density at radius 1 is 1.40 bits per heavy atom. The third-order valence-corrected chi connectivity index (χ3v) is 2.46. The number of halogens is 1. The zero-order valence-electron chi connectivity index (χ0n) is 8.62. The van der Waals surface area contributed by atoms with Gasteiger partial charge in [0.15, 0.2) is 6.29 Å². The standard InChI is InChI=1S/C12H15FO2/c13-11-5-3-4-10(8-11)9-15-12-6-1-2-7-14-12/h3-5,8,12H,1-2,6-7,9H2. The van der Waals surface area contributed by atoms with Crippen molar-refractivity contribution >= 4 is 0 Å². The maximum atomic E-state index is 12.8. The lowest BCUT2D eigenvalue weighted by Crippen LogP contribution is -2.21. The molecule has 1 fully saturated rings. The summed E-state index contributed by atoms with van der Waals surface area (Å²) in [6, 6.07) is 6.46. The summed E-state index contributed by atoms with van der Waals surface area (Å²) in [5.74, 6) is -0.222. The summed E-state index contributed by atoms with van der Waals surface area (Å²) in [5, 5.41) is 0. The van der Waals surface area contributed by atoms with E-state index >= 15 is 0 Å². The van der Waals surface area contributed by atoms with Crippen LogP contribution in [0.5, 0.6) is 0 Å². The van der Waals surface area contributed by atoms with Crippen LogP contribution in [0.3, 0.4) is 0 Å². The minimum Gasteiger partial charge on any atom is -0.353 e. The molecule has 1 aromatic carbocycles. The van der Waals surface area contributed by atoms with E-state index in [0.29, 0.717) is 6.61 Å². The summed E-state index contributed by atoms with van der Waals surface area (Å²) in [6.07, 6.45) is 3.09. The first kappa shape index (κ1) is 10.6. The average molecular weight is 210 g/mol. The molecule has 0 aromatic heterocycles. The van der Waals surface area contributed by atoms with Gasteiger partial charge in [0.1, 0.15) is 5.82 Å². The van der Waals surface area contributed by atoms with Crippen molar-refractivity contribution in [3.8, 4) is 0 Å². The second-order valence-corrected chi connectivity index (χ2v) is 3.74. The summed E-state index contributed by atoms with van der Waals surface area (Å²) in [4.78, 5) is 0. The second kappa shape index (κ2) is 5.24. The molecular formula is C12H15FO2. The maximum absolute atomic E-state index is 12.8. The molecule has 0 aliphatic carbocycles. The smallest absolute Gasteiger partial charge is 0.158 e. The molecule has 1 atom stereocenters. The van der Waals surface area contributed by atoms with Gasteiger partial charge in [-0.15, -0.1) is 0 Å². The van der Waals surface area contributed by atoms with Gasteiger partial charge in [-0.05, 0) is 37.0 Å². The summed E-state index contributed by atoms with van der Waals surface area (Å²) < 4.78 is 23.8. The molecule has 1 saturated heterocycles. The molecular weight excluding hydrogens is 195 g/mol. The largest absolute Gasteiger partial charge is 0.353 e. The lowest BCUT2D eigenvalue weighted by molar-refractivity contribution is -0.168. The van der Waals surface area contributed by atoms with E-state index in [2.05, 4.69) is 0 Å². The van der Waals surface area contributed by atoms with Gasteiger partial charge < -0.3 is 9.47 Å². The molecule has 0 N–H and O–H groups in total. The Bertz CT molecular complexity index is 308. The van der Waals surface area contributed by atoms with E-state index in [-0.39, 0.29) is 12.1 Å². The Labute approximate surface area is 89.0 Å². The van der Waals surface area contributed by atoms with Gasteiger partial charge in [-0.25, -0.2) is 4.39 Å². The van der Waals surface area contributed by atoms with Crippen molar-refractivity contribution in [1.82, 2.24) is 0 Å². The first-order valence-electron chi connectivity index (χ1n) is 5.32. The highest BCUT2D eigenvalue weighted by Crippen LogP contribution is 2.15. The monoisotopic (exact) mass is 210 g/mol. The van der Waals surface area contributed by atoms with Gasteiger partial charge >= 0.3 is 0 Å². The zero-order valence-corrected chi connectivity index (χ0v) is 8.62. The van der Waals surface area contributed by atoms with E-state index in [1.807, 2.05) is 6.07 Å². The molecule has 2 nitrogen and oxygen atoms in total. The summed E-state index contributed by atoms with van der Waals surface area (Å²) in [7, 11) is 0. The quantitative estimate of drug-likeness (QED) is 0.763. The second-order valence-electron chi connectivity index (χ2n) is 3.74. The van der Waals surface area contributed by atoms with Crippen LogP contribution in [0.15, 0.2) is 24.3 Å². The van der Waals surface area contributed by atoms with E-state index in [0.717, 1.165) is 31.4 Å². The Morgan fingerprint density at radius 3 is 3.07 bits per heavy atom. The highest BCUT2D eigenvalue weighted by Gasteiger charge is 2.13. The van der Waals surface area contributed by atoms with Crippen molar-refractivity contribution < 1.29 is 13.9 Å². The first-order chi connectivity index (χ1) is 7.34. The highest BCUT2D eigenvalue weighted by molar-refractivity contribution is 5.15. The van der Waals surface area contributed by atoms with Gasteiger partial charge in [0.05, 0.1) is 6.61 Å². The number of rotatable bonds is 3. The van der Waals surface area contributed by atoms with Crippen molar-refractivity contribution in [2.24, 2.45) is 0 Å². The minimum atomic E-state index is -0.222. The van der Waals surface area contributed by atoms with Crippen LogP contribution in [0, 0.1) is 5.82 Å². The first-order valence-corrected chi connectivity index (χ1v) is 5.32. The van der Waals surface area contributed by atoms with Gasteiger partial charge in [-0.3, -0.25) is 0 Å². The zero-order chi connectivity index (χ0) is 10.5. The highest BCUT2D eigenvalue weighted by atomic mass is 19.1. The predicted molar refractivity (Wildman–Crippen MR) is 54.8 cm³/mol. The Kier molecular flexibility index (Phi) is 3.69. The van der Waals surface area contributed by atoms with Gasteiger partial charge in [0.25, 0.3) is 0 Å². The third kappa shape index (κ3) is 3.29. The minimum absolute atomic E-state index is 0.109. The average Bonchev–Trinajstić information content (AvgIpc) is 2.28. The fourth-order valence-corrected chi connectivity index (χ4v) is 1.66. The molecule has 2 rings (SSSR count). The van der Waals surface area contributed by atoms with Crippen molar-refractivity contribution in [2.75, 3.05) is 6.61 Å². The molecule has 82 valence electrons. The fraction of sp³-hybridized carbons (Fsp3) is 0.500. The molecule has 3 heteroatoms. The van der Waals surface area contributed by atoms with Crippen molar-refractivity contribution in [2.45, 2.75) is 32.2 Å². The van der Waals surface area contributed by atoms with Gasteiger partial charge in [0, 0.05) is 6.61 Å². The van der Waals surface area contributed by atoms with E-state index in [1.54, 1.807) is 6.07 Å². The predicted octanol–water partition coefficient (Wildman–Crippen LogP) is 2.87. The van der Waals surface area contributed by atoms with Gasteiger partial charge in [0.2, 0.25) is 0 Å². The summed E-state index contributed by atoms with van der Waals surface area (Å²) in [6.45, 7) is 1.19. The van der Waals surface area contributed by atoms with Gasteiger partial charge in [-0.2, -0.15) is 0 Å². The van der Waals surface area contributed by atoms with Crippen LogP contribution >= 0.6 is 0 Å². The van der Waals surface area contributed by atoms with Crippen molar-refractivity contribution in [1.29, 1.82) is 0 Å². The molecule has 1 heterocycles. The van der Waals surface area contributed by atoms with Crippen LogP contribution in [0.25, 0.3) is 0 Å². The molecule has 0 radical (unpaired) electrons. The van der Waals surface area contributed by atoms with Gasteiger partial charge in [-0.1, -0.05) is 12.1 Å². The van der Waals surface area contributed by atoms with Crippen LogP contribution < -0.4 is 0 Å². The fourth-order valence-electron chi connectivity index (χ4n) is 1.66. The van der Waals surface area contributed by atoms with E-state index in [4.69, 9.17) is 9.47 Å². The van der Waals surface area contributed by atoms with Crippen LogP contribution in [0.1, 0.15) is 24.8 Å². The molecule has 15 heavy (non-hydrogen) atoms. The molecule has 1 aliphatic heterocycles. The maximum Gasteiger partial charge on any atom is 0.158 e. The lowest BCUT2D eigenvalue weighted by Gasteiger charge is -2.22. The topological polar surface area (TPSA) is 18.5 Å². The van der Waals surface area contributed by atoms with Crippen LogP contribution in [0.4, 0.5) is 4.39 Å².